The molecule has 1 amide bonds. The maximum absolute atomic E-state index is 11.4. The SMILES string of the molecule is Cc1ccc(C(C)C)cc1OC(=O)N(C)C. The van der Waals surface area contributed by atoms with Gasteiger partial charge in [0.05, 0.1) is 0 Å². The molecular weight excluding hydrogens is 202 g/mol. The molecule has 88 valence electrons. The fourth-order valence-corrected chi connectivity index (χ4v) is 1.27. The smallest absolute Gasteiger partial charge is 0.410 e. The molecule has 0 saturated heterocycles. The number of benzene rings is 1. The third-order valence-corrected chi connectivity index (χ3v) is 2.44. The van der Waals surface area contributed by atoms with Crippen molar-refractivity contribution in [2.45, 2.75) is 26.7 Å². The molecule has 0 radical (unpaired) electrons. The molecule has 0 aromatic heterocycles. The van der Waals surface area contributed by atoms with Gasteiger partial charge in [-0.15, -0.1) is 0 Å². The van der Waals surface area contributed by atoms with Gasteiger partial charge in [-0.2, -0.15) is 0 Å². The Morgan fingerprint density at radius 2 is 1.94 bits per heavy atom. The van der Waals surface area contributed by atoms with Gasteiger partial charge in [0.2, 0.25) is 0 Å². The summed E-state index contributed by atoms with van der Waals surface area (Å²) in [4.78, 5) is 12.9. The Labute approximate surface area is 97.0 Å². The Morgan fingerprint density at radius 3 is 2.44 bits per heavy atom. The molecule has 0 spiro atoms. The van der Waals surface area contributed by atoms with Crippen LogP contribution in [-0.4, -0.2) is 25.1 Å². The second-order valence-corrected chi connectivity index (χ2v) is 4.44. The molecule has 0 atom stereocenters. The van der Waals surface area contributed by atoms with E-state index in [4.69, 9.17) is 4.74 Å². The Hall–Kier alpha value is -1.51. The van der Waals surface area contributed by atoms with E-state index in [2.05, 4.69) is 19.9 Å². The Morgan fingerprint density at radius 1 is 1.31 bits per heavy atom. The van der Waals surface area contributed by atoms with Gasteiger partial charge in [-0.3, -0.25) is 0 Å². The van der Waals surface area contributed by atoms with Gasteiger partial charge in [-0.1, -0.05) is 26.0 Å². The molecule has 0 aliphatic carbocycles. The second-order valence-electron chi connectivity index (χ2n) is 4.44. The standard InChI is InChI=1S/C13H19NO2/c1-9(2)11-7-6-10(3)12(8-11)16-13(15)14(4)5/h6-9H,1-5H3. The third-order valence-electron chi connectivity index (χ3n) is 2.44. The van der Waals surface area contributed by atoms with E-state index >= 15 is 0 Å². The highest BCUT2D eigenvalue weighted by Crippen LogP contribution is 2.24. The van der Waals surface area contributed by atoms with Crippen LogP contribution in [0.15, 0.2) is 18.2 Å². The predicted molar refractivity (Wildman–Crippen MR) is 65.0 cm³/mol. The molecule has 0 unspecified atom stereocenters. The van der Waals surface area contributed by atoms with E-state index in [1.54, 1.807) is 14.1 Å². The zero-order valence-corrected chi connectivity index (χ0v) is 10.6. The van der Waals surface area contributed by atoms with E-state index in [1.165, 1.54) is 10.5 Å². The van der Waals surface area contributed by atoms with Gasteiger partial charge in [0.25, 0.3) is 0 Å². The van der Waals surface area contributed by atoms with Crippen molar-refractivity contribution in [3.8, 4) is 5.75 Å². The van der Waals surface area contributed by atoms with Crippen molar-refractivity contribution in [3.05, 3.63) is 29.3 Å². The molecule has 1 rings (SSSR count). The summed E-state index contributed by atoms with van der Waals surface area (Å²) in [6, 6.07) is 5.97. The maximum atomic E-state index is 11.4. The molecular formula is C13H19NO2. The zero-order valence-electron chi connectivity index (χ0n) is 10.6. The molecule has 0 fully saturated rings. The zero-order chi connectivity index (χ0) is 12.3. The highest BCUT2D eigenvalue weighted by molar-refractivity contribution is 5.70. The van der Waals surface area contributed by atoms with Crippen molar-refractivity contribution in [2.75, 3.05) is 14.1 Å². The van der Waals surface area contributed by atoms with Gasteiger partial charge in [0.1, 0.15) is 5.75 Å². The van der Waals surface area contributed by atoms with Gasteiger partial charge in [-0.05, 0) is 30.0 Å². The molecule has 0 aliphatic heterocycles. The first-order valence-corrected chi connectivity index (χ1v) is 5.41. The van der Waals surface area contributed by atoms with Crippen LogP contribution in [0.4, 0.5) is 4.79 Å². The number of amides is 1. The van der Waals surface area contributed by atoms with E-state index in [0.717, 1.165) is 5.56 Å². The van der Waals surface area contributed by atoms with E-state index in [-0.39, 0.29) is 6.09 Å². The fraction of sp³-hybridized carbons (Fsp3) is 0.462. The van der Waals surface area contributed by atoms with Gasteiger partial charge in [-0.25, -0.2) is 4.79 Å². The number of carbonyl (C=O) groups is 1. The molecule has 0 N–H and O–H groups in total. The van der Waals surface area contributed by atoms with E-state index in [0.29, 0.717) is 11.7 Å². The predicted octanol–water partition coefficient (Wildman–Crippen LogP) is 3.18. The van der Waals surface area contributed by atoms with Crippen molar-refractivity contribution in [1.29, 1.82) is 0 Å². The van der Waals surface area contributed by atoms with Gasteiger partial charge < -0.3 is 9.64 Å². The first-order valence-electron chi connectivity index (χ1n) is 5.41. The minimum atomic E-state index is -0.344. The summed E-state index contributed by atoms with van der Waals surface area (Å²) in [5, 5.41) is 0. The summed E-state index contributed by atoms with van der Waals surface area (Å²) in [6.07, 6.45) is -0.344. The molecule has 3 heteroatoms. The van der Waals surface area contributed by atoms with Gasteiger partial charge >= 0.3 is 6.09 Å². The number of nitrogens with zero attached hydrogens (tertiary/aromatic N) is 1. The molecule has 1 aromatic rings. The minimum absolute atomic E-state index is 0.344. The number of aryl methyl sites for hydroxylation is 1. The lowest BCUT2D eigenvalue weighted by Crippen LogP contribution is -2.25. The largest absolute Gasteiger partial charge is 0.414 e. The van der Waals surface area contributed by atoms with Crippen molar-refractivity contribution in [1.82, 2.24) is 4.90 Å². The lowest BCUT2D eigenvalue weighted by molar-refractivity contribution is 0.171. The Bertz CT molecular complexity index is 384. The number of carbonyl (C=O) groups excluding carboxylic acids is 1. The highest BCUT2D eigenvalue weighted by Gasteiger charge is 2.10. The average molecular weight is 221 g/mol. The van der Waals surface area contributed by atoms with Crippen LogP contribution < -0.4 is 4.74 Å². The number of rotatable bonds is 2. The van der Waals surface area contributed by atoms with Crippen LogP contribution in [0.5, 0.6) is 5.75 Å². The van der Waals surface area contributed by atoms with Crippen LogP contribution in [0.3, 0.4) is 0 Å². The number of hydrogen-bond donors (Lipinski definition) is 0. The summed E-state index contributed by atoms with van der Waals surface area (Å²) in [5.74, 6) is 1.07. The summed E-state index contributed by atoms with van der Waals surface area (Å²) in [5.41, 5.74) is 2.15. The highest BCUT2D eigenvalue weighted by atomic mass is 16.6. The molecule has 0 aliphatic rings. The summed E-state index contributed by atoms with van der Waals surface area (Å²) in [6.45, 7) is 6.16. The molecule has 16 heavy (non-hydrogen) atoms. The average Bonchev–Trinajstić information content (AvgIpc) is 2.20. The number of hydrogen-bond acceptors (Lipinski definition) is 2. The topological polar surface area (TPSA) is 29.5 Å². The lowest BCUT2D eigenvalue weighted by Gasteiger charge is -2.14. The summed E-state index contributed by atoms with van der Waals surface area (Å²) >= 11 is 0. The third kappa shape index (κ3) is 2.99. The van der Waals surface area contributed by atoms with Crippen molar-refractivity contribution in [2.24, 2.45) is 0 Å². The van der Waals surface area contributed by atoms with Crippen molar-refractivity contribution < 1.29 is 9.53 Å². The molecule has 1 aromatic carbocycles. The Kier molecular flexibility index (Phi) is 3.93. The summed E-state index contributed by atoms with van der Waals surface area (Å²) in [7, 11) is 3.34. The molecule has 3 nitrogen and oxygen atoms in total. The minimum Gasteiger partial charge on any atom is -0.410 e. The molecule has 0 saturated carbocycles. The maximum Gasteiger partial charge on any atom is 0.414 e. The summed E-state index contributed by atoms with van der Waals surface area (Å²) < 4.78 is 5.28. The Balaban J connectivity index is 2.94. The van der Waals surface area contributed by atoms with Crippen LogP contribution in [0, 0.1) is 6.92 Å². The quantitative estimate of drug-likeness (QED) is 0.767. The van der Waals surface area contributed by atoms with Crippen molar-refractivity contribution in [3.63, 3.8) is 0 Å². The van der Waals surface area contributed by atoms with Crippen LogP contribution >= 0.6 is 0 Å². The van der Waals surface area contributed by atoms with Crippen LogP contribution in [-0.2, 0) is 0 Å². The molecule has 0 bridgehead atoms. The second kappa shape index (κ2) is 5.01. The molecule has 0 heterocycles. The monoisotopic (exact) mass is 221 g/mol. The fourth-order valence-electron chi connectivity index (χ4n) is 1.27. The van der Waals surface area contributed by atoms with Crippen LogP contribution in [0.1, 0.15) is 30.9 Å². The van der Waals surface area contributed by atoms with Gasteiger partial charge in [0.15, 0.2) is 0 Å². The first kappa shape index (κ1) is 12.6. The van der Waals surface area contributed by atoms with E-state index < -0.39 is 0 Å². The number of ether oxygens (including phenoxy) is 1. The van der Waals surface area contributed by atoms with Crippen LogP contribution in [0.2, 0.25) is 0 Å². The van der Waals surface area contributed by atoms with E-state index in [9.17, 15) is 4.79 Å². The normalized spacial score (nSPS) is 10.4. The van der Waals surface area contributed by atoms with Gasteiger partial charge in [0, 0.05) is 14.1 Å². The van der Waals surface area contributed by atoms with Crippen molar-refractivity contribution >= 4 is 6.09 Å². The van der Waals surface area contributed by atoms with Crippen LogP contribution in [0.25, 0.3) is 0 Å². The lowest BCUT2D eigenvalue weighted by atomic mass is 10.0. The first-order chi connectivity index (χ1) is 7.41. The van der Waals surface area contributed by atoms with E-state index in [1.807, 2.05) is 19.1 Å².